The second-order valence-electron chi connectivity index (χ2n) is 5.02. The van der Waals surface area contributed by atoms with Crippen LogP contribution in [0.4, 0.5) is 17.6 Å². The van der Waals surface area contributed by atoms with Gasteiger partial charge in [-0.25, -0.2) is 4.39 Å². The van der Waals surface area contributed by atoms with E-state index in [1.54, 1.807) is 11.3 Å². The van der Waals surface area contributed by atoms with Gasteiger partial charge in [-0.2, -0.15) is 13.2 Å². The third kappa shape index (κ3) is 5.35. The number of thiophene rings is 1. The molecule has 0 aliphatic rings. The molecule has 1 N–H and O–H groups in total. The van der Waals surface area contributed by atoms with Gasteiger partial charge in [0.25, 0.3) is 5.91 Å². The van der Waals surface area contributed by atoms with Crippen LogP contribution in [0.15, 0.2) is 35.7 Å². The summed E-state index contributed by atoms with van der Waals surface area (Å²) in [5.74, 6) is -1.78. The summed E-state index contributed by atoms with van der Waals surface area (Å²) in [7, 11) is 0. The number of halogens is 4. The fraction of sp³-hybridized carbons (Fsp3) is 0.312. The Morgan fingerprint density at radius 1 is 1.17 bits per heavy atom. The number of alkyl halides is 3. The zero-order valence-electron chi connectivity index (χ0n) is 12.1. The van der Waals surface area contributed by atoms with Crippen molar-refractivity contribution in [3.63, 3.8) is 0 Å². The van der Waals surface area contributed by atoms with Crippen LogP contribution in [-0.4, -0.2) is 12.5 Å². The van der Waals surface area contributed by atoms with Crippen LogP contribution in [0, 0.1) is 5.82 Å². The third-order valence-corrected chi connectivity index (χ3v) is 4.14. The maximum Gasteiger partial charge on any atom is 0.416 e. The van der Waals surface area contributed by atoms with Crippen LogP contribution in [0.2, 0.25) is 0 Å². The van der Waals surface area contributed by atoms with E-state index in [1.165, 1.54) is 4.88 Å². The van der Waals surface area contributed by atoms with Crippen molar-refractivity contribution in [1.29, 1.82) is 0 Å². The molecule has 2 nitrogen and oxygen atoms in total. The summed E-state index contributed by atoms with van der Waals surface area (Å²) in [5, 5.41) is 4.50. The van der Waals surface area contributed by atoms with Gasteiger partial charge in [-0.05, 0) is 48.9 Å². The van der Waals surface area contributed by atoms with Crippen molar-refractivity contribution < 1.29 is 22.4 Å². The first-order chi connectivity index (χ1) is 10.9. The monoisotopic (exact) mass is 345 g/mol. The number of carbonyl (C=O) groups excluding carboxylic acids is 1. The Labute approximate surface area is 135 Å². The summed E-state index contributed by atoms with van der Waals surface area (Å²) in [5.41, 5.74) is -1.49. The molecule has 0 bridgehead atoms. The van der Waals surface area contributed by atoms with Gasteiger partial charge in [-0.1, -0.05) is 6.07 Å². The minimum Gasteiger partial charge on any atom is -0.352 e. The lowest BCUT2D eigenvalue weighted by atomic mass is 10.1. The molecule has 0 saturated carbocycles. The van der Waals surface area contributed by atoms with E-state index in [9.17, 15) is 22.4 Å². The molecule has 7 heteroatoms. The standard InChI is InChI=1S/C16H15F4NOS/c17-13-9-11(8-12(10-13)16(18,19)20)15(22)21-6-2-1-4-14-5-3-7-23-14/h3,5,7-10H,1-2,4,6H2,(H,21,22). The molecule has 0 spiro atoms. The van der Waals surface area contributed by atoms with Crippen LogP contribution in [-0.2, 0) is 12.6 Å². The summed E-state index contributed by atoms with van der Waals surface area (Å²) in [4.78, 5) is 13.1. The normalized spacial score (nSPS) is 11.5. The molecule has 0 saturated heterocycles. The summed E-state index contributed by atoms with van der Waals surface area (Å²) < 4.78 is 51.0. The SMILES string of the molecule is O=C(NCCCCc1cccs1)c1cc(F)cc(C(F)(F)F)c1. The predicted molar refractivity (Wildman–Crippen MR) is 81.0 cm³/mol. The first-order valence-electron chi connectivity index (χ1n) is 7.04. The molecule has 1 heterocycles. The van der Waals surface area contributed by atoms with Crippen LogP contribution in [0.5, 0.6) is 0 Å². The van der Waals surface area contributed by atoms with Gasteiger partial charge in [-0.15, -0.1) is 11.3 Å². The lowest BCUT2D eigenvalue weighted by Crippen LogP contribution is -2.25. The van der Waals surface area contributed by atoms with E-state index < -0.39 is 23.5 Å². The molecule has 2 aromatic rings. The van der Waals surface area contributed by atoms with Crippen molar-refractivity contribution in [3.8, 4) is 0 Å². The molecule has 0 aliphatic carbocycles. The summed E-state index contributed by atoms with van der Waals surface area (Å²) >= 11 is 1.65. The number of unbranched alkanes of at least 4 members (excludes halogenated alkanes) is 1. The largest absolute Gasteiger partial charge is 0.416 e. The highest BCUT2D eigenvalue weighted by atomic mass is 32.1. The molecule has 0 aliphatic heterocycles. The Balaban J connectivity index is 1.84. The first kappa shape index (κ1) is 17.5. The van der Waals surface area contributed by atoms with Gasteiger partial charge in [0.05, 0.1) is 5.56 Å². The molecule has 0 fully saturated rings. The van der Waals surface area contributed by atoms with Gasteiger partial charge >= 0.3 is 6.18 Å². The first-order valence-corrected chi connectivity index (χ1v) is 7.92. The molecule has 0 atom stereocenters. The number of amides is 1. The molecule has 1 aromatic heterocycles. The van der Waals surface area contributed by atoms with Gasteiger partial charge in [-0.3, -0.25) is 4.79 Å². The average molecular weight is 345 g/mol. The maximum absolute atomic E-state index is 13.2. The van der Waals surface area contributed by atoms with Crippen molar-refractivity contribution >= 4 is 17.2 Å². The van der Waals surface area contributed by atoms with E-state index in [2.05, 4.69) is 5.32 Å². The van der Waals surface area contributed by atoms with E-state index in [1.807, 2.05) is 17.5 Å². The Morgan fingerprint density at radius 3 is 2.61 bits per heavy atom. The number of carbonyl (C=O) groups is 1. The highest BCUT2D eigenvalue weighted by Gasteiger charge is 2.31. The number of hydrogen-bond acceptors (Lipinski definition) is 2. The quantitative estimate of drug-likeness (QED) is 0.599. The minimum atomic E-state index is -4.68. The second kappa shape index (κ2) is 7.59. The van der Waals surface area contributed by atoms with E-state index in [0.29, 0.717) is 25.1 Å². The van der Waals surface area contributed by atoms with E-state index in [-0.39, 0.29) is 5.56 Å². The van der Waals surface area contributed by atoms with Gasteiger partial charge in [0.2, 0.25) is 0 Å². The number of hydrogen-bond donors (Lipinski definition) is 1. The number of nitrogens with one attached hydrogen (secondary N) is 1. The number of aryl methyl sites for hydroxylation is 1. The number of benzene rings is 1. The van der Waals surface area contributed by atoms with E-state index in [4.69, 9.17) is 0 Å². The maximum atomic E-state index is 13.2. The molecule has 124 valence electrons. The van der Waals surface area contributed by atoms with Crippen LogP contribution < -0.4 is 5.32 Å². The van der Waals surface area contributed by atoms with Crippen molar-refractivity contribution in [3.05, 3.63) is 57.5 Å². The van der Waals surface area contributed by atoms with E-state index in [0.717, 1.165) is 18.9 Å². The minimum absolute atomic E-state index is 0.324. The molecular weight excluding hydrogens is 330 g/mol. The van der Waals surface area contributed by atoms with Crippen LogP contribution in [0.25, 0.3) is 0 Å². The highest BCUT2D eigenvalue weighted by molar-refractivity contribution is 7.09. The fourth-order valence-electron chi connectivity index (χ4n) is 2.07. The highest BCUT2D eigenvalue weighted by Crippen LogP contribution is 2.30. The molecule has 2 rings (SSSR count). The van der Waals surface area contributed by atoms with Crippen LogP contribution in [0.1, 0.15) is 33.6 Å². The smallest absolute Gasteiger partial charge is 0.352 e. The Morgan fingerprint density at radius 2 is 1.96 bits per heavy atom. The molecule has 0 unspecified atom stereocenters. The zero-order chi connectivity index (χ0) is 16.9. The van der Waals surface area contributed by atoms with Crippen LogP contribution in [0.3, 0.4) is 0 Å². The van der Waals surface area contributed by atoms with E-state index >= 15 is 0 Å². The Hall–Kier alpha value is -1.89. The molecule has 0 radical (unpaired) electrons. The third-order valence-electron chi connectivity index (χ3n) is 3.20. The summed E-state index contributed by atoms with van der Waals surface area (Å²) in [6.45, 7) is 0.335. The molecule has 1 amide bonds. The van der Waals surface area contributed by atoms with Gasteiger partial charge in [0.15, 0.2) is 0 Å². The van der Waals surface area contributed by atoms with Gasteiger partial charge in [0.1, 0.15) is 5.82 Å². The lowest BCUT2D eigenvalue weighted by Gasteiger charge is -2.10. The lowest BCUT2D eigenvalue weighted by molar-refractivity contribution is -0.137. The molecular formula is C16H15F4NOS. The zero-order valence-corrected chi connectivity index (χ0v) is 12.9. The summed E-state index contributed by atoms with van der Waals surface area (Å²) in [6.07, 6.45) is -2.23. The average Bonchev–Trinajstić information content (AvgIpc) is 2.98. The number of rotatable bonds is 6. The summed E-state index contributed by atoms with van der Waals surface area (Å²) in [6, 6.07) is 5.82. The molecule has 23 heavy (non-hydrogen) atoms. The van der Waals surface area contributed by atoms with Gasteiger partial charge in [0, 0.05) is 17.0 Å². The topological polar surface area (TPSA) is 29.1 Å². The van der Waals surface area contributed by atoms with Crippen molar-refractivity contribution in [2.24, 2.45) is 0 Å². The van der Waals surface area contributed by atoms with Crippen molar-refractivity contribution in [2.75, 3.05) is 6.54 Å². The predicted octanol–water partition coefficient (Wildman–Crippen LogP) is 4.66. The second-order valence-corrected chi connectivity index (χ2v) is 6.05. The fourth-order valence-corrected chi connectivity index (χ4v) is 2.82. The Bertz CT molecular complexity index is 653. The van der Waals surface area contributed by atoms with Gasteiger partial charge < -0.3 is 5.32 Å². The van der Waals surface area contributed by atoms with Crippen LogP contribution >= 0.6 is 11.3 Å². The van der Waals surface area contributed by atoms with Crippen molar-refractivity contribution in [1.82, 2.24) is 5.32 Å². The molecule has 1 aromatic carbocycles. The van der Waals surface area contributed by atoms with Crippen molar-refractivity contribution in [2.45, 2.75) is 25.4 Å². The Kier molecular flexibility index (Phi) is 5.76.